The number of nitrogens with two attached hydrogens (primary N) is 1. The normalized spacial score (nSPS) is 12.5. The molecule has 0 amide bonds. The molecule has 1 rings (SSSR count). The smallest absolute Gasteiger partial charge is 0.124 e. The lowest BCUT2D eigenvalue weighted by Gasteiger charge is -2.12. The average molecular weight is 226 g/mol. The summed E-state index contributed by atoms with van der Waals surface area (Å²) in [7, 11) is 0. The van der Waals surface area contributed by atoms with Gasteiger partial charge in [-0.05, 0) is 24.6 Å². The molecule has 15 heavy (non-hydrogen) atoms. The van der Waals surface area contributed by atoms with Crippen LogP contribution in [0.15, 0.2) is 23.1 Å². The van der Waals surface area contributed by atoms with Crippen molar-refractivity contribution in [2.75, 3.05) is 0 Å². The third kappa shape index (κ3) is 3.23. The van der Waals surface area contributed by atoms with Gasteiger partial charge in [0.25, 0.3) is 0 Å². The SMILES string of the molecule is CCC(C)Sc1ccc(F)cc1C(=N)N. The van der Waals surface area contributed by atoms with Crippen LogP contribution in [0.4, 0.5) is 4.39 Å². The van der Waals surface area contributed by atoms with Crippen LogP contribution in [0.2, 0.25) is 0 Å². The van der Waals surface area contributed by atoms with Gasteiger partial charge in [0.15, 0.2) is 0 Å². The third-order valence-corrected chi connectivity index (χ3v) is 3.48. The molecule has 0 bridgehead atoms. The van der Waals surface area contributed by atoms with Crippen LogP contribution < -0.4 is 5.73 Å². The Kier molecular flexibility index (Phi) is 4.15. The van der Waals surface area contributed by atoms with E-state index in [0.717, 1.165) is 11.3 Å². The Balaban J connectivity index is 3.01. The summed E-state index contributed by atoms with van der Waals surface area (Å²) < 4.78 is 13.0. The van der Waals surface area contributed by atoms with Gasteiger partial charge in [-0.15, -0.1) is 11.8 Å². The van der Waals surface area contributed by atoms with Gasteiger partial charge in [0.1, 0.15) is 11.7 Å². The molecule has 0 aliphatic carbocycles. The molecule has 0 aliphatic rings. The standard InChI is InChI=1S/C11H15FN2S/c1-3-7(2)15-10-5-4-8(12)6-9(10)11(13)14/h4-7H,3H2,1-2H3,(H3,13,14). The molecule has 1 unspecified atom stereocenters. The van der Waals surface area contributed by atoms with E-state index in [2.05, 4.69) is 13.8 Å². The zero-order valence-corrected chi connectivity index (χ0v) is 9.70. The van der Waals surface area contributed by atoms with Crippen molar-refractivity contribution >= 4 is 17.6 Å². The lowest BCUT2D eigenvalue weighted by molar-refractivity contribution is 0.626. The minimum Gasteiger partial charge on any atom is -0.384 e. The quantitative estimate of drug-likeness (QED) is 0.471. The first-order chi connectivity index (χ1) is 7.04. The van der Waals surface area contributed by atoms with Crippen molar-refractivity contribution in [1.82, 2.24) is 0 Å². The molecule has 3 N–H and O–H groups in total. The first kappa shape index (κ1) is 12.0. The molecule has 0 fully saturated rings. The summed E-state index contributed by atoms with van der Waals surface area (Å²) in [4.78, 5) is 0.873. The number of hydrogen-bond donors (Lipinski definition) is 2. The topological polar surface area (TPSA) is 49.9 Å². The van der Waals surface area contributed by atoms with Gasteiger partial charge >= 0.3 is 0 Å². The fourth-order valence-electron chi connectivity index (χ4n) is 1.12. The Morgan fingerprint density at radius 1 is 1.60 bits per heavy atom. The highest BCUT2D eigenvalue weighted by atomic mass is 32.2. The van der Waals surface area contributed by atoms with Gasteiger partial charge < -0.3 is 5.73 Å². The molecule has 0 saturated carbocycles. The fourth-order valence-corrected chi connectivity index (χ4v) is 2.16. The largest absolute Gasteiger partial charge is 0.384 e. The lowest BCUT2D eigenvalue weighted by Crippen LogP contribution is -2.13. The molecule has 4 heteroatoms. The average Bonchev–Trinajstić information content (AvgIpc) is 2.20. The molecule has 0 radical (unpaired) electrons. The number of thioether (sulfide) groups is 1. The summed E-state index contributed by atoms with van der Waals surface area (Å²) in [6, 6.07) is 4.40. The van der Waals surface area contributed by atoms with E-state index in [1.165, 1.54) is 12.1 Å². The molecule has 1 aromatic rings. The molecule has 0 spiro atoms. The summed E-state index contributed by atoms with van der Waals surface area (Å²) in [5.41, 5.74) is 5.89. The van der Waals surface area contributed by atoms with Gasteiger partial charge in [-0.3, -0.25) is 5.41 Å². The summed E-state index contributed by atoms with van der Waals surface area (Å²) >= 11 is 1.62. The van der Waals surface area contributed by atoms with Crippen molar-refractivity contribution in [3.05, 3.63) is 29.6 Å². The maximum atomic E-state index is 13.0. The Morgan fingerprint density at radius 3 is 2.80 bits per heavy atom. The second-order valence-corrected chi connectivity index (χ2v) is 4.87. The highest BCUT2D eigenvalue weighted by Gasteiger charge is 2.10. The number of nitrogens with one attached hydrogen (secondary N) is 1. The van der Waals surface area contributed by atoms with E-state index in [1.807, 2.05) is 0 Å². The summed E-state index contributed by atoms with van der Waals surface area (Å²) in [6.45, 7) is 4.19. The second-order valence-electron chi connectivity index (χ2n) is 3.39. The molecule has 0 heterocycles. The number of nitrogen functional groups attached to an aromatic ring is 1. The van der Waals surface area contributed by atoms with Crippen LogP contribution in [0, 0.1) is 11.2 Å². The highest BCUT2D eigenvalue weighted by molar-refractivity contribution is 8.00. The highest BCUT2D eigenvalue weighted by Crippen LogP contribution is 2.28. The van der Waals surface area contributed by atoms with E-state index in [-0.39, 0.29) is 11.7 Å². The first-order valence-corrected chi connectivity index (χ1v) is 5.73. The number of amidine groups is 1. The van der Waals surface area contributed by atoms with Gasteiger partial charge in [0.05, 0.1) is 0 Å². The van der Waals surface area contributed by atoms with Crippen LogP contribution in [0.3, 0.4) is 0 Å². The summed E-state index contributed by atoms with van der Waals surface area (Å²) in [6.07, 6.45) is 1.03. The first-order valence-electron chi connectivity index (χ1n) is 4.85. The molecule has 2 nitrogen and oxygen atoms in total. The molecule has 1 atom stereocenters. The molecule has 0 aromatic heterocycles. The van der Waals surface area contributed by atoms with Crippen LogP contribution >= 0.6 is 11.8 Å². The van der Waals surface area contributed by atoms with E-state index in [9.17, 15) is 4.39 Å². The van der Waals surface area contributed by atoms with Crippen molar-refractivity contribution in [3.63, 3.8) is 0 Å². The number of benzene rings is 1. The number of hydrogen-bond acceptors (Lipinski definition) is 2. The molecule has 82 valence electrons. The van der Waals surface area contributed by atoms with Crippen LogP contribution in [0.5, 0.6) is 0 Å². The Hall–Kier alpha value is -1.03. The van der Waals surface area contributed by atoms with E-state index < -0.39 is 0 Å². The molecule has 0 saturated heterocycles. The lowest BCUT2D eigenvalue weighted by atomic mass is 10.2. The predicted molar refractivity (Wildman–Crippen MR) is 63.0 cm³/mol. The van der Waals surface area contributed by atoms with Crippen LogP contribution in [0.25, 0.3) is 0 Å². The van der Waals surface area contributed by atoms with Crippen molar-refractivity contribution in [1.29, 1.82) is 5.41 Å². The van der Waals surface area contributed by atoms with Gasteiger partial charge in [-0.1, -0.05) is 13.8 Å². The summed E-state index contributed by atoms with van der Waals surface area (Å²) in [5.74, 6) is -0.436. The fraction of sp³-hybridized carbons (Fsp3) is 0.364. The van der Waals surface area contributed by atoms with E-state index >= 15 is 0 Å². The minimum absolute atomic E-state index is 0.0831. The van der Waals surface area contributed by atoms with Crippen LogP contribution in [-0.2, 0) is 0 Å². The van der Waals surface area contributed by atoms with Crippen molar-refractivity contribution < 1.29 is 4.39 Å². The predicted octanol–water partition coefficient (Wildman–Crippen LogP) is 3.00. The van der Waals surface area contributed by atoms with Crippen LogP contribution in [0.1, 0.15) is 25.8 Å². The van der Waals surface area contributed by atoms with Gasteiger partial charge in [-0.25, -0.2) is 4.39 Å². The maximum Gasteiger partial charge on any atom is 0.124 e. The molecular weight excluding hydrogens is 211 g/mol. The Labute approximate surface area is 93.6 Å². The van der Waals surface area contributed by atoms with Crippen molar-refractivity contribution in [2.24, 2.45) is 5.73 Å². The van der Waals surface area contributed by atoms with E-state index in [1.54, 1.807) is 17.8 Å². The number of rotatable bonds is 4. The second kappa shape index (κ2) is 5.16. The Bertz CT molecular complexity index is 366. The Morgan fingerprint density at radius 2 is 2.27 bits per heavy atom. The van der Waals surface area contributed by atoms with Crippen LogP contribution in [-0.4, -0.2) is 11.1 Å². The minimum atomic E-state index is -0.353. The monoisotopic (exact) mass is 226 g/mol. The van der Waals surface area contributed by atoms with E-state index in [4.69, 9.17) is 11.1 Å². The van der Waals surface area contributed by atoms with Gasteiger partial charge in [0.2, 0.25) is 0 Å². The van der Waals surface area contributed by atoms with Crippen molar-refractivity contribution in [2.45, 2.75) is 30.4 Å². The van der Waals surface area contributed by atoms with Crippen molar-refractivity contribution in [3.8, 4) is 0 Å². The zero-order chi connectivity index (χ0) is 11.4. The number of halogens is 1. The third-order valence-electron chi connectivity index (χ3n) is 2.13. The van der Waals surface area contributed by atoms with Gasteiger partial charge in [0, 0.05) is 15.7 Å². The summed E-state index contributed by atoms with van der Waals surface area (Å²) in [5, 5.41) is 7.81. The zero-order valence-electron chi connectivity index (χ0n) is 8.88. The molecule has 0 aliphatic heterocycles. The van der Waals surface area contributed by atoms with Gasteiger partial charge in [-0.2, -0.15) is 0 Å². The molecular formula is C11H15FN2S. The molecule has 1 aromatic carbocycles. The maximum absolute atomic E-state index is 13.0. The van der Waals surface area contributed by atoms with E-state index in [0.29, 0.717) is 10.8 Å².